The van der Waals surface area contributed by atoms with Gasteiger partial charge in [-0.2, -0.15) is 4.98 Å². The SMILES string of the molecule is O=C(NCCc1cnc[nH]1)c1noc(C2CCCN2)n1. The minimum atomic E-state index is -0.322. The van der Waals surface area contributed by atoms with Crippen LogP contribution in [0.4, 0.5) is 0 Å². The van der Waals surface area contributed by atoms with Gasteiger partial charge in [0.05, 0.1) is 12.4 Å². The molecule has 8 nitrogen and oxygen atoms in total. The van der Waals surface area contributed by atoms with Crippen molar-refractivity contribution >= 4 is 5.91 Å². The zero-order valence-corrected chi connectivity index (χ0v) is 10.9. The minimum Gasteiger partial charge on any atom is -0.349 e. The van der Waals surface area contributed by atoms with E-state index in [0.29, 0.717) is 18.9 Å². The molecule has 1 saturated heterocycles. The van der Waals surface area contributed by atoms with E-state index in [1.165, 1.54) is 0 Å². The number of nitrogens with zero attached hydrogens (tertiary/aromatic N) is 3. The predicted molar refractivity (Wildman–Crippen MR) is 68.9 cm³/mol. The van der Waals surface area contributed by atoms with Crippen molar-refractivity contribution in [3.63, 3.8) is 0 Å². The first-order valence-electron chi connectivity index (χ1n) is 6.65. The number of amides is 1. The number of aromatic amines is 1. The molecule has 20 heavy (non-hydrogen) atoms. The first-order chi connectivity index (χ1) is 9.83. The van der Waals surface area contributed by atoms with Gasteiger partial charge >= 0.3 is 0 Å². The topological polar surface area (TPSA) is 109 Å². The van der Waals surface area contributed by atoms with Gasteiger partial charge in [0.25, 0.3) is 11.7 Å². The first kappa shape index (κ1) is 12.8. The Morgan fingerprint density at radius 3 is 3.25 bits per heavy atom. The molecule has 1 aliphatic heterocycles. The molecule has 1 aliphatic rings. The van der Waals surface area contributed by atoms with Crippen molar-refractivity contribution in [1.29, 1.82) is 0 Å². The van der Waals surface area contributed by atoms with Gasteiger partial charge in [0, 0.05) is 24.9 Å². The van der Waals surface area contributed by atoms with Crippen molar-refractivity contribution in [1.82, 2.24) is 30.7 Å². The zero-order valence-electron chi connectivity index (χ0n) is 10.9. The van der Waals surface area contributed by atoms with Crippen molar-refractivity contribution in [2.24, 2.45) is 0 Å². The molecule has 0 bridgehead atoms. The van der Waals surface area contributed by atoms with Crippen LogP contribution in [-0.4, -0.2) is 39.1 Å². The average Bonchev–Trinajstić information content (AvgIpc) is 3.20. The van der Waals surface area contributed by atoms with Gasteiger partial charge in [-0.1, -0.05) is 5.16 Å². The van der Waals surface area contributed by atoms with Crippen LogP contribution >= 0.6 is 0 Å². The maximum atomic E-state index is 11.9. The lowest BCUT2D eigenvalue weighted by Crippen LogP contribution is -2.27. The molecule has 3 N–H and O–H groups in total. The summed E-state index contributed by atoms with van der Waals surface area (Å²) >= 11 is 0. The fourth-order valence-corrected chi connectivity index (χ4v) is 2.18. The molecule has 0 radical (unpaired) electrons. The Hall–Kier alpha value is -2.22. The summed E-state index contributed by atoms with van der Waals surface area (Å²) in [6.07, 6.45) is 6.06. The Balaban J connectivity index is 1.51. The number of carbonyl (C=O) groups is 1. The Labute approximate surface area is 115 Å². The van der Waals surface area contributed by atoms with Gasteiger partial charge < -0.3 is 20.1 Å². The highest BCUT2D eigenvalue weighted by atomic mass is 16.5. The van der Waals surface area contributed by atoms with Crippen molar-refractivity contribution < 1.29 is 9.32 Å². The van der Waals surface area contributed by atoms with E-state index in [-0.39, 0.29) is 17.8 Å². The Bertz CT molecular complexity index is 558. The molecule has 2 aromatic heterocycles. The van der Waals surface area contributed by atoms with Crippen LogP contribution < -0.4 is 10.6 Å². The first-order valence-corrected chi connectivity index (χ1v) is 6.65. The molecule has 8 heteroatoms. The summed E-state index contributed by atoms with van der Waals surface area (Å²) in [6.45, 7) is 1.44. The smallest absolute Gasteiger partial charge is 0.292 e. The van der Waals surface area contributed by atoms with Crippen LogP contribution in [0.1, 0.15) is 41.1 Å². The fourth-order valence-electron chi connectivity index (χ4n) is 2.18. The molecule has 1 unspecified atom stereocenters. The number of hydrogen-bond donors (Lipinski definition) is 3. The highest BCUT2D eigenvalue weighted by molar-refractivity contribution is 5.90. The summed E-state index contributed by atoms with van der Waals surface area (Å²) < 4.78 is 5.12. The Kier molecular flexibility index (Phi) is 3.73. The quantitative estimate of drug-likeness (QED) is 0.719. The standard InChI is InChI=1S/C12H16N6O2/c19-11(15-5-3-8-6-13-7-16-8)10-17-12(20-18-10)9-2-1-4-14-9/h6-7,9,14H,1-5H2,(H,13,16)(H,15,19). The van der Waals surface area contributed by atoms with Crippen LogP contribution in [-0.2, 0) is 6.42 Å². The van der Waals surface area contributed by atoms with E-state index in [1.54, 1.807) is 12.5 Å². The zero-order chi connectivity index (χ0) is 13.8. The molecule has 0 aromatic carbocycles. The molecule has 0 spiro atoms. The summed E-state index contributed by atoms with van der Waals surface area (Å²) in [5.74, 6) is 0.247. The second-order valence-electron chi connectivity index (χ2n) is 4.69. The number of H-pyrrole nitrogens is 1. The van der Waals surface area contributed by atoms with Crippen molar-refractivity contribution in [3.05, 3.63) is 29.9 Å². The van der Waals surface area contributed by atoms with Crippen LogP contribution in [0.5, 0.6) is 0 Å². The van der Waals surface area contributed by atoms with Gasteiger partial charge in [0.1, 0.15) is 0 Å². The number of rotatable bonds is 5. The third kappa shape index (κ3) is 2.85. The van der Waals surface area contributed by atoms with Gasteiger partial charge in [-0.15, -0.1) is 0 Å². The van der Waals surface area contributed by atoms with E-state index in [1.807, 2.05) is 0 Å². The van der Waals surface area contributed by atoms with Crippen LogP contribution in [0, 0.1) is 0 Å². The third-order valence-electron chi connectivity index (χ3n) is 3.24. The molecular weight excluding hydrogens is 260 g/mol. The summed E-state index contributed by atoms with van der Waals surface area (Å²) in [7, 11) is 0. The number of carbonyl (C=O) groups excluding carboxylic acids is 1. The molecule has 106 valence electrons. The normalized spacial score (nSPS) is 18.3. The predicted octanol–water partition coefficient (Wildman–Crippen LogP) is 0.190. The molecule has 0 saturated carbocycles. The van der Waals surface area contributed by atoms with E-state index >= 15 is 0 Å². The van der Waals surface area contributed by atoms with E-state index in [2.05, 4.69) is 30.7 Å². The lowest BCUT2D eigenvalue weighted by molar-refractivity contribution is 0.0940. The molecule has 3 heterocycles. The van der Waals surface area contributed by atoms with E-state index < -0.39 is 0 Å². The second kappa shape index (κ2) is 5.83. The van der Waals surface area contributed by atoms with Crippen LogP contribution in [0.15, 0.2) is 17.0 Å². The fraction of sp³-hybridized carbons (Fsp3) is 0.500. The maximum Gasteiger partial charge on any atom is 0.292 e. The highest BCUT2D eigenvalue weighted by Crippen LogP contribution is 2.20. The van der Waals surface area contributed by atoms with Gasteiger partial charge in [-0.25, -0.2) is 4.98 Å². The van der Waals surface area contributed by atoms with E-state index in [4.69, 9.17) is 4.52 Å². The second-order valence-corrected chi connectivity index (χ2v) is 4.69. The largest absolute Gasteiger partial charge is 0.349 e. The third-order valence-corrected chi connectivity index (χ3v) is 3.24. The van der Waals surface area contributed by atoms with Gasteiger partial charge in [0.2, 0.25) is 5.89 Å². The van der Waals surface area contributed by atoms with Crippen molar-refractivity contribution in [3.8, 4) is 0 Å². The number of hydrogen-bond acceptors (Lipinski definition) is 6. The van der Waals surface area contributed by atoms with Gasteiger partial charge in [0.15, 0.2) is 0 Å². The molecule has 3 rings (SSSR count). The molecule has 1 atom stereocenters. The monoisotopic (exact) mass is 276 g/mol. The lowest BCUT2D eigenvalue weighted by atomic mass is 10.2. The summed E-state index contributed by atoms with van der Waals surface area (Å²) in [5, 5.41) is 9.71. The average molecular weight is 276 g/mol. The highest BCUT2D eigenvalue weighted by Gasteiger charge is 2.24. The number of aromatic nitrogens is 4. The van der Waals surface area contributed by atoms with Gasteiger partial charge in [-0.3, -0.25) is 4.79 Å². The maximum absolute atomic E-state index is 11.9. The lowest BCUT2D eigenvalue weighted by Gasteiger charge is -2.01. The Morgan fingerprint density at radius 1 is 1.55 bits per heavy atom. The van der Waals surface area contributed by atoms with Crippen molar-refractivity contribution in [2.45, 2.75) is 25.3 Å². The molecule has 1 fully saturated rings. The number of imidazole rings is 1. The molecule has 0 aliphatic carbocycles. The minimum absolute atomic E-state index is 0.0778. The molecule has 2 aromatic rings. The van der Waals surface area contributed by atoms with Crippen LogP contribution in [0.3, 0.4) is 0 Å². The van der Waals surface area contributed by atoms with E-state index in [0.717, 1.165) is 25.1 Å². The Morgan fingerprint density at radius 2 is 2.50 bits per heavy atom. The van der Waals surface area contributed by atoms with Crippen LogP contribution in [0.25, 0.3) is 0 Å². The molecular formula is C12H16N6O2. The van der Waals surface area contributed by atoms with Crippen molar-refractivity contribution in [2.75, 3.05) is 13.1 Å². The number of nitrogens with one attached hydrogen (secondary N) is 3. The van der Waals surface area contributed by atoms with Gasteiger partial charge in [-0.05, 0) is 19.4 Å². The summed E-state index contributed by atoms with van der Waals surface area (Å²) in [5.41, 5.74) is 0.967. The van der Waals surface area contributed by atoms with E-state index in [9.17, 15) is 4.79 Å². The summed E-state index contributed by atoms with van der Waals surface area (Å²) in [6, 6.07) is 0.0778. The molecule has 1 amide bonds. The summed E-state index contributed by atoms with van der Waals surface area (Å²) in [4.78, 5) is 22.9. The van der Waals surface area contributed by atoms with Crippen LogP contribution in [0.2, 0.25) is 0 Å².